The van der Waals surface area contributed by atoms with Gasteiger partial charge in [0, 0.05) is 219 Å². The van der Waals surface area contributed by atoms with Crippen LogP contribution in [0.1, 0.15) is 77.2 Å². The molecular formula is C86H47NO6Si. The molecule has 94 heavy (non-hydrogen) atoms. The summed E-state index contributed by atoms with van der Waals surface area (Å²) in [6, 6.07) is 17.8. The third kappa shape index (κ3) is 35.8. The second-order valence-electron chi connectivity index (χ2n) is 18.4. The number of nitrogens with zero attached hydrogens (tertiary/aromatic N) is 1. The number of hydrogen-bond acceptors (Lipinski definition) is 7. The predicted molar refractivity (Wildman–Crippen MR) is 371 cm³/mol. The lowest BCUT2D eigenvalue weighted by atomic mass is 9.91. The minimum Gasteiger partial charge on any atom is -0.409 e. The number of benzene rings is 2. The van der Waals surface area contributed by atoms with Crippen LogP contribution in [-0.4, -0.2) is 41.7 Å². The maximum atomic E-state index is 12.7. The SMILES string of the molecule is CC#CC#CC#CC#CC#CC#CC#CC#CC#CC#CC#CC#CC#CC#CC#CC#CC#CC#CC#CC#CC#CC#CC#CC#CC#CC#CC#CC.CCc1ccc(-c2ccc(CO[C@](C)(C(=O)CO)[C@@H](O)c3cc(CO[Si](C)(C)C(C)(C)C)on3)cc2)cc1. The van der Waals surface area contributed by atoms with Gasteiger partial charge in [0.25, 0.3) is 0 Å². The van der Waals surface area contributed by atoms with Crippen LogP contribution in [0.15, 0.2) is 59.1 Å². The normalized spacial score (nSPS) is 8.33. The minimum absolute atomic E-state index is 0.0349. The van der Waals surface area contributed by atoms with Gasteiger partial charge in [-0.3, -0.25) is 4.79 Å². The standard InChI is InChI=1S/C56H6.C30H41NO6Si/c1-3-5-7-9-11-13-15-17-19-21-23-25-27-29-31-33-35-37-39-41-43-45-47-49-51-53-55-56-54-52-50-48-46-44-42-40-38-36-34-32-30-28-26-24-22-20-18-16-14-12-10-8-6-4-2;1-8-21-9-13-23(14-10-21)24-15-11-22(12-16-24)19-35-30(5,27(33)18-32)28(34)26-17-25(37-31-26)20-36-38(6,7)29(2,3)4/h1-2H3;9-17,28,32,34H,8,18-20H2,1-7H3/t;28-,30+/m.0/s1. The molecule has 3 aromatic rings. The van der Waals surface area contributed by atoms with Gasteiger partial charge in [-0.05, 0) is 162 Å². The molecule has 1 heterocycles. The molecule has 0 saturated carbocycles. The van der Waals surface area contributed by atoms with Gasteiger partial charge in [0.15, 0.2) is 25.5 Å². The molecule has 0 aliphatic heterocycles. The fourth-order valence-corrected chi connectivity index (χ4v) is 6.33. The largest absolute Gasteiger partial charge is 0.409 e. The Morgan fingerprint density at radius 3 is 0.926 bits per heavy atom. The molecule has 0 saturated heterocycles. The number of carbonyl (C=O) groups excluding carboxylic acids is 1. The summed E-state index contributed by atoms with van der Waals surface area (Å²) in [6.07, 6.45) is -0.447. The van der Waals surface area contributed by atoms with Gasteiger partial charge in [0.2, 0.25) is 0 Å². The second kappa shape index (κ2) is 48.6. The summed E-state index contributed by atoms with van der Waals surface area (Å²) >= 11 is 0. The maximum absolute atomic E-state index is 12.7. The molecule has 0 unspecified atom stereocenters. The van der Waals surface area contributed by atoms with Crippen molar-refractivity contribution in [1.82, 2.24) is 5.16 Å². The Morgan fingerprint density at radius 1 is 0.436 bits per heavy atom. The Bertz CT molecular complexity index is 5020. The van der Waals surface area contributed by atoms with E-state index >= 15 is 0 Å². The molecule has 3 rings (SSSR count). The fraction of sp³-hybridized carbons (Fsp3) is 0.186. The first-order valence-corrected chi connectivity index (χ1v) is 30.2. The van der Waals surface area contributed by atoms with Gasteiger partial charge in [-0.2, -0.15) is 0 Å². The molecule has 0 spiro atoms. The van der Waals surface area contributed by atoms with E-state index in [1.165, 1.54) is 12.5 Å². The number of aryl methyl sites for hydroxylation is 1. The first-order chi connectivity index (χ1) is 45.7. The number of carbonyl (C=O) groups is 1. The highest BCUT2D eigenvalue weighted by Crippen LogP contribution is 2.37. The molecule has 8 heteroatoms. The Balaban J connectivity index is 0.000000685. The molecular weight excluding hydrogens is 1170 g/mol. The van der Waals surface area contributed by atoms with Crippen LogP contribution in [0, 0.1) is 320 Å². The number of aliphatic hydroxyl groups is 2. The summed E-state index contributed by atoms with van der Waals surface area (Å²) in [4.78, 5) is 12.7. The molecule has 0 amide bonds. The van der Waals surface area contributed by atoms with Crippen molar-refractivity contribution >= 4 is 14.1 Å². The highest BCUT2D eigenvalue weighted by Gasteiger charge is 2.44. The summed E-state index contributed by atoms with van der Waals surface area (Å²) in [7, 11) is -2.01. The van der Waals surface area contributed by atoms with Gasteiger partial charge in [-0.25, -0.2) is 0 Å². The van der Waals surface area contributed by atoms with E-state index in [4.69, 9.17) is 13.7 Å². The van der Waals surface area contributed by atoms with E-state index in [2.05, 4.69) is 390 Å². The third-order valence-electron chi connectivity index (χ3n) is 11.1. The van der Waals surface area contributed by atoms with E-state index in [9.17, 15) is 15.0 Å². The number of rotatable bonds is 12. The first-order valence-electron chi connectivity index (χ1n) is 27.3. The van der Waals surface area contributed by atoms with Crippen molar-refractivity contribution in [2.45, 2.75) is 97.9 Å². The summed E-state index contributed by atoms with van der Waals surface area (Å²) < 4.78 is 17.5. The van der Waals surface area contributed by atoms with Gasteiger partial charge < -0.3 is 23.9 Å². The molecule has 0 aliphatic carbocycles. The van der Waals surface area contributed by atoms with Crippen molar-refractivity contribution in [3.63, 3.8) is 0 Å². The van der Waals surface area contributed by atoms with Crippen LogP contribution < -0.4 is 0 Å². The molecule has 2 atom stereocenters. The average molecular weight is 1220 g/mol. The number of ether oxygens (including phenoxy) is 1. The van der Waals surface area contributed by atoms with Crippen molar-refractivity contribution in [3.05, 3.63) is 77.2 Å². The average Bonchev–Trinajstić information content (AvgIpc) is 1.45. The topological polar surface area (TPSA) is 102 Å². The van der Waals surface area contributed by atoms with Crippen LogP contribution >= 0.6 is 0 Å². The number of aliphatic hydroxyl groups excluding tert-OH is 2. The number of aromatic nitrogens is 1. The van der Waals surface area contributed by atoms with Crippen molar-refractivity contribution < 1.29 is 28.7 Å². The Labute approximate surface area is 557 Å². The van der Waals surface area contributed by atoms with Crippen LogP contribution in [0.4, 0.5) is 0 Å². The summed E-state index contributed by atoms with van der Waals surface area (Å²) in [5.74, 6) is 135. The molecule has 0 aliphatic rings. The van der Waals surface area contributed by atoms with E-state index in [1.54, 1.807) is 19.9 Å². The zero-order valence-corrected chi connectivity index (χ0v) is 53.6. The van der Waals surface area contributed by atoms with E-state index in [1.807, 2.05) is 24.3 Å². The van der Waals surface area contributed by atoms with Crippen LogP contribution in [0.3, 0.4) is 0 Å². The van der Waals surface area contributed by atoms with E-state index in [0.717, 1.165) is 23.1 Å². The van der Waals surface area contributed by atoms with Gasteiger partial charge in [-0.15, -0.1) is 0 Å². The lowest BCUT2D eigenvalue weighted by Crippen LogP contribution is -2.46. The summed E-state index contributed by atoms with van der Waals surface area (Å²) in [5.41, 5.74) is 2.72. The van der Waals surface area contributed by atoms with E-state index in [-0.39, 0.29) is 23.9 Å². The Hall–Kier alpha value is -14.5. The summed E-state index contributed by atoms with van der Waals surface area (Å²) in [5, 5.41) is 24.7. The van der Waals surface area contributed by atoms with E-state index < -0.39 is 32.4 Å². The zero-order chi connectivity index (χ0) is 68.3. The van der Waals surface area contributed by atoms with Gasteiger partial charge in [0.05, 0.1) is 13.2 Å². The van der Waals surface area contributed by atoms with Gasteiger partial charge in [-0.1, -0.05) is 93.2 Å². The molecule has 2 aromatic carbocycles. The number of hydrogen-bond donors (Lipinski definition) is 2. The second-order valence-corrected chi connectivity index (χ2v) is 23.2. The van der Waals surface area contributed by atoms with E-state index in [0.29, 0.717) is 5.76 Å². The Kier molecular flexibility index (Phi) is 39.1. The van der Waals surface area contributed by atoms with Crippen molar-refractivity contribution in [2.75, 3.05) is 6.61 Å². The fourth-order valence-electron chi connectivity index (χ4n) is 5.39. The van der Waals surface area contributed by atoms with Gasteiger partial charge in [0.1, 0.15) is 18.4 Å². The number of ketones is 1. The zero-order valence-electron chi connectivity index (χ0n) is 52.6. The van der Waals surface area contributed by atoms with Gasteiger partial charge >= 0.3 is 0 Å². The van der Waals surface area contributed by atoms with Crippen LogP contribution in [0.5, 0.6) is 0 Å². The minimum atomic E-state index is -2.01. The lowest BCUT2D eigenvalue weighted by Gasteiger charge is -2.35. The molecule has 0 bridgehead atoms. The number of Topliss-reactive ketones (excluding diaryl/α,β-unsaturated/α-hetero) is 1. The van der Waals surface area contributed by atoms with Crippen molar-refractivity contribution in [1.29, 1.82) is 0 Å². The molecule has 0 radical (unpaired) electrons. The smallest absolute Gasteiger partial charge is 0.192 e. The Morgan fingerprint density at radius 2 is 0.691 bits per heavy atom. The predicted octanol–water partition coefficient (Wildman–Crippen LogP) is 7.11. The molecule has 2 N–H and O–H groups in total. The lowest BCUT2D eigenvalue weighted by molar-refractivity contribution is -0.166. The highest BCUT2D eigenvalue weighted by molar-refractivity contribution is 6.74. The van der Waals surface area contributed by atoms with Crippen molar-refractivity contribution in [2.24, 2.45) is 0 Å². The molecule has 7 nitrogen and oxygen atoms in total. The highest BCUT2D eigenvalue weighted by atomic mass is 28.4. The van der Waals surface area contributed by atoms with Crippen LogP contribution in [0.2, 0.25) is 18.1 Å². The third-order valence-corrected chi connectivity index (χ3v) is 15.6. The molecule has 1 aromatic heterocycles. The van der Waals surface area contributed by atoms with Crippen LogP contribution in [0.25, 0.3) is 11.1 Å². The maximum Gasteiger partial charge on any atom is 0.192 e. The molecule has 436 valence electrons. The summed E-state index contributed by atoms with van der Waals surface area (Å²) in [6.45, 7) is 17.2. The quantitative estimate of drug-likeness (QED) is 0.147. The monoisotopic (exact) mass is 1220 g/mol. The van der Waals surface area contributed by atoms with Crippen molar-refractivity contribution in [3.8, 4) is 331 Å². The first kappa shape index (κ1) is 75.6. The van der Waals surface area contributed by atoms with Crippen LogP contribution in [-0.2, 0) is 33.6 Å². The molecule has 0 fully saturated rings.